The maximum absolute atomic E-state index is 14.2. The quantitative estimate of drug-likeness (QED) is 0.110. The minimum atomic E-state index is -0.877. The maximum atomic E-state index is 14.2. The zero-order chi connectivity index (χ0) is 50.6. The van der Waals surface area contributed by atoms with Crippen molar-refractivity contribution >= 4 is 35.0 Å². The van der Waals surface area contributed by atoms with Gasteiger partial charge in [0.05, 0.1) is 59.1 Å². The van der Waals surface area contributed by atoms with Crippen LogP contribution in [0.5, 0.6) is 5.75 Å². The molecule has 16 nitrogen and oxygen atoms in total. The molecule has 4 aliphatic rings. The number of aliphatic hydroxyl groups excluding tert-OH is 1. The Morgan fingerprint density at radius 3 is 2.21 bits per heavy atom. The highest BCUT2D eigenvalue weighted by molar-refractivity contribution is 7.13. The van der Waals surface area contributed by atoms with Gasteiger partial charge in [0.25, 0.3) is 5.91 Å². The topological polar surface area (TPSA) is 213 Å². The number of nitrogens with zero attached hydrogens (tertiary/aromatic N) is 6. The molecule has 8 rings (SSSR count). The lowest BCUT2D eigenvalue weighted by Crippen LogP contribution is -2.74. The van der Waals surface area contributed by atoms with Crippen LogP contribution in [0, 0.1) is 46.3 Å². The van der Waals surface area contributed by atoms with E-state index in [4.69, 9.17) is 9.47 Å². The Kier molecular flexibility index (Phi) is 15.6. The molecule has 0 radical (unpaired) electrons. The fourth-order valence-electron chi connectivity index (χ4n) is 11.1. The summed E-state index contributed by atoms with van der Waals surface area (Å²) >= 11 is 1.58. The van der Waals surface area contributed by atoms with Crippen molar-refractivity contribution in [2.75, 3.05) is 59.0 Å². The van der Waals surface area contributed by atoms with E-state index in [1.807, 2.05) is 74.0 Å². The highest BCUT2D eigenvalue weighted by atomic mass is 32.1. The molecule has 0 unspecified atom stereocenters. The van der Waals surface area contributed by atoms with Crippen LogP contribution in [0.15, 0.2) is 72.2 Å². The Morgan fingerprint density at radius 1 is 0.915 bits per heavy atom. The zero-order valence-electron chi connectivity index (χ0n) is 41.4. The number of nitriles is 2. The molecule has 0 bridgehead atoms. The molecule has 4 atom stereocenters. The number of amides is 4. The van der Waals surface area contributed by atoms with Gasteiger partial charge >= 0.3 is 0 Å². The van der Waals surface area contributed by atoms with E-state index in [2.05, 4.69) is 64.5 Å². The number of piperazine rings is 1. The number of nitrogens with one attached hydrogen (secondary N) is 3. The third kappa shape index (κ3) is 11.3. The number of thiazole rings is 1. The van der Waals surface area contributed by atoms with Crippen molar-refractivity contribution in [3.05, 3.63) is 106 Å². The molecule has 4 amide bonds. The smallest absolute Gasteiger partial charge is 0.251 e. The maximum Gasteiger partial charge on any atom is 0.251 e. The minimum Gasteiger partial charge on any atom is -0.489 e. The summed E-state index contributed by atoms with van der Waals surface area (Å²) in [5.74, 6) is -0.866. The molecule has 1 aromatic heterocycles. The summed E-state index contributed by atoms with van der Waals surface area (Å²) < 4.78 is 11.8. The fourth-order valence-corrected chi connectivity index (χ4v) is 11.9. The molecule has 3 saturated heterocycles. The number of carbonyl (C=O) groups is 4. The monoisotopic (exact) mass is 983 g/mol. The van der Waals surface area contributed by atoms with Crippen LogP contribution in [0.25, 0.3) is 10.4 Å². The van der Waals surface area contributed by atoms with Gasteiger partial charge in [-0.15, -0.1) is 11.3 Å². The largest absolute Gasteiger partial charge is 0.489 e. The predicted molar refractivity (Wildman–Crippen MR) is 268 cm³/mol. The van der Waals surface area contributed by atoms with Crippen molar-refractivity contribution in [1.82, 2.24) is 35.6 Å². The van der Waals surface area contributed by atoms with Crippen LogP contribution in [-0.4, -0.2) is 138 Å². The molecule has 71 heavy (non-hydrogen) atoms. The molecule has 17 heteroatoms. The number of aliphatic hydroxyl groups is 1. The van der Waals surface area contributed by atoms with Crippen LogP contribution >= 0.6 is 11.3 Å². The van der Waals surface area contributed by atoms with E-state index in [1.54, 1.807) is 29.5 Å². The van der Waals surface area contributed by atoms with Gasteiger partial charge in [-0.2, -0.15) is 10.5 Å². The van der Waals surface area contributed by atoms with Gasteiger partial charge in [-0.1, -0.05) is 64.1 Å². The molecule has 3 aliphatic heterocycles. The van der Waals surface area contributed by atoms with Crippen LogP contribution in [0.1, 0.15) is 91.8 Å². The van der Waals surface area contributed by atoms with Gasteiger partial charge in [0.1, 0.15) is 36.1 Å². The van der Waals surface area contributed by atoms with Crippen molar-refractivity contribution in [2.24, 2.45) is 16.7 Å². The van der Waals surface area contributed by atoms with E-state index < -0.39 is 29.0 Å². The first-order chi connectivity index (χ1) is 34.0. The highest BCUT2D eigenvalue weighted by Crippen LogP contribution is 2.55. The third-order valence-corrected chi connectivity index (χ3v) is 15.9. The lowest BCUT2D eigenvalue weighted by Gasteiger charge is -2.63. The summed E-state index contributed by atoms with van der Waals surface area (Å²) in [5.41, 5.74) is 6.23. The number of ether oxygens (including phenoxy) is 2. The van der Waals surface area contributed by atoms with Crippen molar-refractivity contribution in [2.45, 2.75) is 97.2 Å². The van der Waals surface area contributed by atoms with Crippen LogP contribution < -0.4 is 20.7 Å². The van der Waals surface area contributed by atoms with Crippen molar-refractivity contribution in [1.29, 1.82) is 10.5 Å². The number of β-amino-alcohol motifs (C(OH)–C–C–N with tert-alkyl or cyclic N) is 1. The summed E-state index contributed by atoms with van der Waals surface area (Å²) in [7, 11) is 0. The molecule has 4 fully saturated rings. The number of rotatable bonds is 17. The Hall–Kier alpha value is -6.21. The summed E-state index contributed by atoms with van der Waals surface area (Å²) in [6, 6.07) is 22.4. The zero-order valence-corrected chi connectivity index (χ0v) is 42.3. The van der Waals surface area contributed by atoms with E-state index in [9.17, 15) is 34.8 Å². The first-order valence-electron chi connectivity index (χ1n) is 24.6. The summed E-state index contributed by atoms with van der Waals surface area (Å²) in [5, 5.41) is 38.8. The molecular formula is C54H65N9O7S. The van der Waals surface area contributed by atoms with E-state index in [1.165, 1.54) is 4.90 Å². The Labute approximate surface area is 420 Å². The predicted octanol–water partition coefficient (Wildman–Crippen LogP) is 4.99. The van der Waals surface area contributed by atoms with Crippen molar-refractivity contribution in [3.63, 3.8) is 0 Å². The summed E-state index contributed by atoms with van der Waals surface area (Å²) in [6.07, 6.45) is 0.792. The van der Waals surface area contributed by atoms with Gasteiger partial charge < -0.3 is 40.3 Å². The number of aryl methyl sites for hydroxylation is 2. The second-order valence-electron chi connectivity index (χ2n) is 20.8. The molecule has 3 aromatic carbocycles. The van der Waals surface area contributed by atoms with Gasteiger partial charge in [-0.3, -0.25) is 24.1 Å². The molecule has 374 valence electrons. The minimum absolute atomic E-state index is 0.00514. The summed E-state index contributed by atoms with van der Waals surface area (Å²) in [6.45, 7) is 16.8. The van der Waals surface area contributed by atoms with Gasteiger partial charge in [0.2, 0.25) is 17.7 Å². The first kappa shape index (κ1) is 51.2. The van der Waals surface area contributed by atoms with Crippen molar-refractivity contribution in [3.8, 4) is 28.3 Å². The lowest BCUT2D eigenvalue weighted by molar-refractivity contribution is -0.164. The number of hydrogen-bond acceptors (Lipinski definition) is 13. The van der Waals surface area contributed by atoms with Gasteiger partial charge in [-0.25, -0.2) is 4.98 Å². The van der Waals surface area contributed by atoms with E-state index >= 15 is 0 Å². The Bertz CT molecular complexity index is 2650. The Morgan fingerprint density at radius 2 is 1.59 bits per heavy atom. The van der Waals surface area contributed by atoms with Gasteiger partial charge in [-0.05, 0) is 80.3 Å². The second-order valence-corrected chi connectivity index (χ2v) is 21.6. The number of aromatic nitrogens is 1. The van der Waals surface area contributed by atoms with Crippen LogP contribution in [-0.2, 0) is 25.5 Å². The molecule has 1 saturated carbocycles. The molecule has 4 aromatic rings. The average molecular weight is 984 g/mol. The molecule has 4 heterocycles. The normalized spacial score (nSPS) is 22.7. The number of benzene rings is 3. The van der Waals surface area contributed by atoms with Crippen LogP contribution in [0.3, 0.4) is 0 Å². The summed E-state index contributed by atoms with van der Waals surface area (Å²) in [4.78, 5) is 66.3. The van der Waals surface area contributed by atoms with E-state index in [-0.39, 0.29) is 72.8 Å². The molecule has 4 N–H and O–H groups in total. The van der Waals surface area contributed by atoms with Gasteiger partial charge in [0.15, 0.2) is 0 Å². The molecular weight excluding hydrogens is 919 g/mol. The standard InChI is InChI=1S/C54H65N9O7S/c1-33(36-13-15-37(16-14-36)47-34(2)57-32-71-47)58-49(67)44-25-42(64)28-63(44)50(68)46(41-30-69-31-41)59-45(65)29-62-22-20-61(21-23-62)19-7-8-35-9-11-38(12-10-35)48(66)60-51-53(3,4)52(54(51,5)6)70-43-18-17-39(26-55)40(24-43)27-56/h9-18,24,32-33,41-42,44,46,51-52,64H,7-8,19-23,25,28-31H2,1-6H3,(H,58,67)(H,59,65)(H,60,66)/t33-,42+,44-,46+,51?,52?/m0/s1. The van der Waals surface area contributed by atoms with Crippen LogP contribution in [0.4, 0.5) is 0 Å². The van der Waals surface area contributed by atoms with Gasteiger partial charge in [0, 0.05) is 67.5 Å². The molecule has 1 aliphatic carbocycles. The second kappa shape index (κ2) is 21.6. The third-order valence-electron chi connectivity index (χ3n) is 14.9. The lowest BCUT2D eigenvalue weighted by atomic mass is 9.49. The number of carbonyl (C=O) groups excluding carboxylic acids is 4. The number of hydrogen-bond donors (Lipinski definition) is 4. The molecule has 0 spiro atoms. The van der Waals surface area contributed by atoms with Crippen LogP contribution in [0.2, 0.25) is 0 Å². The number of likely N-dealkylation sites (tertiary alicyclic amines) is 1. The van der Waals surface area contributed by atoms with Crippen molar-refractivity contribution < 1.29 is 33.8 Å². The van der Waals surface area contributed by atoms with E-state index in [0.29, 0.717) is 43.2 Å². The first-order valence-corrected chi connectivity index (χ1v) is 25.5. The average Bonchev–Trinajstić information content (AvgIpc) is 3.96. The SMILES string of the molecule is Cc1ncsc1-c1ccc([C@H](C)NC(=O)[C@@H]2C[C@@H](O)CN2C(=O)[C@H](NC(=O)CN2CCN(CCCc3ccc(C(=O)NC4C(C)(C)C(Oc5ccc(C#N)c(C#N)c5)C4(C)C)cc3)CC2)C2COC2)cc1. The van der Waals surface area contributed by atoms with E-state index in [0.717, 1.165) is 59.7 Å². The highest BCUT2D eigenvalue weighted by Gasteiger charge is 2.64. The fraction of sp³-hybridized carbons (Fsp3) is 0.500. The Balaban J connectivity index is 0.759.